The van der Waals surface area contributed by atoms with E-state index in [0.717, 1.165) is 11.1 Å². The average Bonchev–Trinajstić information content (AvgIpc) is 2.75. The number of aromatic nitrogens is 3. The minimum Gasteiger partial charge on any atom is -0.355 e. The highest BCUT2D eigenvalue weighted by molar-refractivity contribution is 5.91. The Morgan fingerprint density at radius 3 is 2.70 bits per heavy atom. The molecule has 0 spiro atoms. The first kappa shape index (κ1) is 14.3. The summed E-state index contributed by atoms with van der Waals surface area (Å²) in [6, 6.07) is 0. The molecular formula is C12H19N5O3. The van der Waals surface area contributed by atoms with E-state index >= 15 is 0 Å². The maximum absolute atomic E-state index is 12.1. The summed E-state index contributed by atoms with van der Waals surface area (Å²) in [5.41, 5.74) is -0.407. The van der Waals surface area contributed by atoms with Crippen molar-refractivity contribution in [1.82, 2.24) is 24.6 Å². The van der Waals surface area contributed by atoms with E-state index in [4.69, 9.17) is 0 Å². The zero-order chi connectivity index (χ0) is 14.7. The van der Waals surface area contributed by atoms with Gasteiger partial charge in [0.05, 0.1) is 0 Å². The van der Waals surface area contributed by atoms with Crippen LogP contribution >= 0.6 is 0 Å². The van der Waals surface area contributed by atoms with E-state index < -0.39 is 5.69 Å². The quantitative estimate of drug-likeness (QED) is 0.753. The molecule has 0 bridgehead atoms. The smallest absolute Gasteiger partial charge is 0.346 e. The van der Waals surface area contributed by atoms with Crippen LogP contribution in [0.25, 0.3) is 0 Å². The fourth-order valence-electron chi connectivity index (χ4n) is 2.13. The Morgan fingerprint density at radius 1 is 1.30 bits per heavy atom. The molecule has 1 aromatic rings. The molecule has 20 heavy (non-hydrogen) atoms. The van der Waals surface area contributed by atoms with Crippen molar-refractivity contribution in [1.29, 1.82) is 0 Å². The standard InChI is InChI=1S/C12H19N5O3/c1-3-5-13-9(18)8-17-12(20)16-7-6-15(4-2)11(19)10(16)14-17/h3-8H2,1-2H3,(H,13,18). The number of fused-ring (bicyclic) bond motifs is 1. The Kier molecular flexibility index (Phi) is 4.21. The Bertz CT molecular complexity index is 574. The van der Waals surface area contributed by atoms with E-state index in [1.54, 1.807) is 4.90 Å². The number of amides is 2. The van der Waals surface area contributed by atoms with E-state index in [9.17, 15) is 14.4 Å². The van der Waals surface area contributed by atoms with Gasteiger partial charge >= 0.3 is 5.69 Å². The third kappa shape index (κ3) is 2.59. The van der Waals surface area contributed by atoms with Crippen molar-refractivity contribution >= 4 is 11.8 Å². The van der Waals surface area contributed by atoms with Gasteiger partial charge in [0.25, 0.3) is 5.91 Å². The number of carbonyl (C=O) groups is 2. The molecule has 2 rings (SSSR count). The molecule has 0 atom stereocenters. The molecule has 0 saturated heterocycles. The number of rotatable bonds is 5. The van der Waals surface area contributed by atoms with Crippen LogP contribution in [0.5, 0.6) is 0 Å². The van der Waals surface area contributed by atoms with Crippen molar-refractivity contribution in [2.24, 2.45) is 0 Å². The second-order valence-electron chi connectivity index (χ2n) is 4.65. The lowest BCUT2D eigenvalue weighted by atomic mass is 10.3. The summed E-state index contributed by atoms with van der Waals surface area (Å²) in [4.78, 5) is 37.4. The minimum absolute atomic E-state index is 0.117. The van der Waals surface area contributed by atoms with Gasteiger partial charge in [-0.15, -0.1) is 5.10 Å². The highest BCUT2D eigenvalue weighted by atomic mass is 16.2. The predicted octanol–water partition coefficient (Wildman–Crippen LogP) is -0.953. The molecule has 0 unspecified atom stereocenters. The van der Waals surface area contributed by atoms with Gasteiger partial charge in [0.1, 0.15) is 6.54 Å². The minimum atomic E-state index is -0.407. The summed E-state index contributed by atoms with van der Waals surface area (Å²) in [7, 11) is 0. The van der Waals surface area contributed by atoms with Gasteiger partial charge in [0.2, 0.25) is 11.7 Å². The van der Waals surface area contributed by atoms with Gasteiger partial charge in [-0.3, -0.25) is 14.2 Å². The molecular weight excluding hydrogens is 262 g/mol. The lowest BCUT2D eigenvalue weighted by Crippen LogP contribution is -2.43. The SMILES string of the molecule is CCCNC(=O)Cn1nc2n(c1=O)CCN(CC)C2=O. The van der Waals surface area contributed by atoms with E-state index in [1.807, 2.05) is 13.8 Å². The predicted molar refractivity (Wildman–Crippen MR) is 71.4 cm³/mol. The molecule has 0 radical (unpaired) electrons. The van der Waals surface area contributed by atoms with E-state index in [2.05, 4.69) is 10.4 Å². The van der Waals surface area contributed by atoms with Crippen LogP contribution < -0.4 is 11.0 Å². The fourth-order valence-corrected chi connectivity index (χ4v) is 2.13. The summed E-state index contributed by atoms with van der Waals surface area (Å²) in [6.07, 6.45) is 0.824. The average molecular weight is 281 g/mol. The Morgan fingerprint density at radius 2 is 2.05 bits per heavy atom. The summed E-state index contributed by atoms with van der Waals surface area (Å²) in [5, 5.41) is 6.67. The van der Waals surface area contributed by atoms with Crippen LogP contribution in [-0.4, -0.2) is 50.7 Å². The molecule has 8 nitrogen and oxygen atoms in total. The molecule has 2 heterocycles. The maximum atomic E-state index is 12.1. The van der Waals surface area contributed by atoms with Crippen LogP contribution in [0, 0.1) is 0 Å². The summed E-state index contributed by atoms with van der Waals surface area (Å²) < 4.78 is 2.39. The number of carbonyl (C=O) groups excluding carboxylic acids is 2. The van der Waals surface area contributed by atoms with Gasteiger partial charge in [-0.2, -0.15) is 0 Å². The second-order valence-corrected chi connectivity index (χ2v) is 4.65. The van der Waals surface area contributed by atoms with Crippen molar-refractivity contribution in [2.45, 2.75) is 33.4 Å². The van der Waals surface area contributed by atoms with Gasteiger partial charge < -0.3 is 10.2 Å². The molecule has 2 amide bonds. The molecule has 1 N–H and O–H groups in total. The number of nitrogens with zero attached hydrogens (tertiary/aromatic N) is 4. The van der Waals surface area contributed by atoms with E-state index in [0.29, 0.717) is 26.2 Å². The van der Waals surface area contributed by atoms with Crippen LogP contribution in [0.3, 0.4) is 0 Å². The molecule has 110 valence electrons. The molecule has 0 aromatic carbocycles. The maximum Gasteiger partial charge on any atom is 0.346 e. The van der Waals surface area contributed by atoms with Crippen LogP contribution in [0.1, 0.15) is 30.9 Å². The Hall–Kier alpha value is -2.12. The highest BCUT2D eigenvalue weighted by Crippen LogP contribution is 2.07. The zero-order valence-corrected chi connectivity index (χ0v) is 11.8. The third-order valence-corrected chi connectivity index (χ3v) is 3.24. The van der Waals surface area contributed by atoms with Gasteiger partial charge in [0, 0.05) is 26.2 Å². The van der Waals surface area contributed by atoms with Crippen LogP contribution in [0.4, 0.5) is 0 Å². The number of nitrogens with one attached hydrogen (secondary N) is 1. The molecule has 1 aliphatic rings. The van der Waals surface area contributed by atoms with Crippen molar-refractivity contribution in [3.05, 3.63) is 16.3 Å². The molecule has 8 heteroatoms. The first-order chi connectivity index (χ1) is 9.58. The highest BCUT2D eigenvalue weighted by Gasteiger charge is 2.28. The monoisotopic (exact) mass is 281 g/mol. The molecule has 0 aliphatic carbocycles. The lowest BCUT2D eigenvalue weighted by molar-refractivity contribution is -0.121. The van der Waals surface area contributed by atoms with E-state index in [1.165, 1.54) is 4.57 Å². The van der Waals surface area contributed by atoms with Crippen LogP contribution in [0.2, 0.25) is 0 Å². The van der Waals surface area contributed by atoms with Gasteiger partial charge in [-0.05, 0) is 13.3 Å². The van der Waals surface area contributed by atoms with Crippen molar-refractivity contribution in [3.8, 4) is 0 Å². The van der Waals surface area contributed by atoms with Gasteiger partial charge in [-0.1, -0.05) is 6.92 Å². The first-order valence-corrected chi connectivity index (χ1v) is 6.82. The summed E-state index contributed by atoms with van der Waals surface area (Å²) >= 11 is 0. The van der Waals surface area contributed by atoms with Gasteiger partial charge in [-0.25, -0.2) is 9.48 Å². The second kappa shape index (κ2) is 5.89. The fraction of sp³-hybridized carbons (Fsp3) is 0.667. The Labute approximate surface area is 116 Å². The molecule has 0 saturated carbocycles. The van der Waals surface area contributed by atoms with E-state index in [-0.39, 0.29) is 24.2 Å². The topological polar surface area (TPSA) is 89.2 Å². The van der Waals surface area contributed by atoms with Crippen molar-refractivity contribution in [2.75, 3.05) is 19.6 Å². The zero-order valence-electron chi connectivity index (χ0n) is 11.8. The lowest BCUT2D eigenvalue weighted by Gasteiger charge is -2.24. The molecule has 0 fully saturated rings. The van der Waals surface area contributed by atoms with Crippen LogP contribution in [-0.2, 0) is 17.9 Å². The summed E-state index contributed by atoms with van der Waals surface area (Å²) in [6.45, 7) is 5.72. The third-order valence-electron chi connectivity index (χ3n) is 3.24. The Balaban J connectivity index is 2.20. The largest absolute Gasteiger partial charge is 0.355 e. The normalized spacial score (nSPS) is 14.3. The van der Waals surface area contributed by atoms with Crippen molar-refractivity contribution in [3.63, 3.8) is 0 Å². The first-order valence-electron chi connectivity index (χ1n) is 6.82. The number of likely N-dealkylation sites (N-methyl/N-ethyl adjacent to an activating group) is 1. The van der Waals surface area contributed by atoms with Gasteiger partial charge in [0.15, 0.2) is 0 Å². The number of hydrogen-bond acceptors (Lipinski definition) is 4. The molecule has 1 aromatic heterocycles. The van der Waals surface area contributed by atoms with Crippen LogP contribution in [0.15, 0.2) is 4.79 Å². The van der Waals surface area contributed by atoms with Crippen molar-refractivity contribution < 1.29 is 9.59 Å². The summed E-state index contributed by atoms with van der Waals surface area (Å²) in [5.74, 6) is -0.417. The molecule has 1 aliphatic heterocycles. The number of hydrogen-bond donors (Lipinski definition) is 1.